The van der Waals surface area contributed by atoms with Crippen LogP contribution in [0.5, 0.6) is 0 Å². The highest BCUT2D eigenvalue weighted by Crippen LogP contribution is 2.31. The van der Waals surface area contributed by atoms with E-state index in [0.29, 0.717) is 6.54 Å². The van der Waals surface area contributed by atoms with Crippen LogP contribution in [0.1, 0.15) is 32.1 Å². The topological polar surface area (TPSA) is 44.4 Å². The second-order valence-corrected chi connectivity index (χ2v) is 5.97. The van der Waals surface area contributed by atoms with E-state index in [-0.39, 0.29) is 17.3 Å². The summed E-state index contributed by atoms with van der Waals surface area (Å²) >= 11 is 0. The Hall–Kier alpha value is -1.62. The summed E-state index contributed by atoms with van der Waals surface area (Å²) < 4.78 is 13.5. The molecule has 1 aromatic carbocycles. The number of nitrogens with zero attached hydrogens (tertiary/aromatic N) is 1. The molecule has 116 valence electrons. The summed E-state index contributed by atoms with van der Waals surface area (Å²) in [6.45, 7) is 0.584. The van der Waals surface area contributed by atoms with Crippen molar-refractivity contribution in [2.45, 2.75) is 37.6 Å². The number of anilines is 1. The second kappa shape index (κ2) is 6.89. The van der Waals surface area contributed by atoms with Crippen molar-refractivity contribution in [3.63, 3.8) is 0 Å². The highest BCUT2D eigenvalue weighted by Gasteiger charge is 2.34. The van der Waals surface area contributed by atoms with E-state index in [1.54, 1.807) is 18.2 Å². The van der Waals surface area contributed by atoms with Gasteiger partial charge in [-0.15, -0.1) is 0 Å². The highest BCUT2D eigenvalue weighted by molar-refractivity contribution is 5.89. The van der Waals surface area contributed by atoms with Crippen LogP contribution < -0.4 is 10.6 Å². The minimum absolute atomic E-state index is 0.0187. The highest BCUT2D eigenvalue weighted by atomic mass is 19.1. The van der Waals surface area contributed by atoms with Crippen molar-refractivity contribution >= 4 is 11.7 Å². The average Bonchev–Trinajstić information content (AvgIpc) is 2.48. The van der Waals surface area contributed by atoms with E-state index in [9.17, 15) is 9.18 Å². The summed E-state index contributed by atoms with van der Waals surface area (Å²) in [6, 6.07) is 5.82. The van der Waals surface area contributed by atoms with Crippen LogP contribution in [-0.4, -0.2) is 37.1 Å². The van der Waals surface area contributed by atoms with Gasteiger partial charge in [-0.1, -0.05) is 31.4 Å². The number of para-hydroxylation sites is 1. The Balaban J connectivity index is 1.92. The maximum atomic E-state index is 13.5. The first-order valence-electron chi connectivity index (χ1n) is 7.50. The van der Waals surface area contributed by atoms with Gasteiger partial charge in [0.05, 0.1) is 5.69 Å². The molecule has 1 aromatic rings. The van der Waals surface area contributed by atoms with Crippen LogP contribution in [0.2, 0.25) is 0 Å². The van der Waals surface area contributed by atoms with Gasteiger partial charge in [-0.05, 0) is 39.1 Å². The van der Waals surface area contributed by atoms with E-state index in [1.165, 1.54) is 25.3 Å². The fourth-order valence-corrected chi connectivity index (χ4v) is 2.97. The third kappa shape index (κ3) is 3.94. The number of nitrogens with one attached hydrogen (secondary N) is 2. The Labute approximate surface area is 125 Å². The smallest absolute Gasteiger partial charge is 0.319 e. The lowest BCUT2D eigenvalue weighted by molar-refractivity contribution is 0.101. The van der Waals surface area contributed by atoms with E-state index in [0.717, 1.165) is 12.8 Å². The number of amides is 2. The molecule has 1 aliphatic carbocycles. The van der Waals surface area contributed by atoms with Gasteiger partial charge in [0.1, 0.15) is 5.82 Å². The van der Waals surface area contributed by atoms with Crippen molar-refractivity contribution in [3.05, 3.63) is 30.1 Å². The average molecular weight is 293 g/mol. The Kier molecular flexibility index (Phi) is 5.17. The summed E-state index contributed by atoms with van der Waals surface area (Å²) in [4.78, 5) is 14.2. The lowest BCUT2D eigenvalue weighted by atomic mass is 9.80. The van der Waals surface area contributed by atoms with E-state index >= 15 is 0 Å². The minimum Gasteiger partial charge on any atom is -0.336 e. The first-order chi connectivity index (χ1) is 10.0. The molecule has 0 atom stereocenters. The quantitative estimate of drug-likeness (QED) is 0.895. The SMILES string of the molecule is CN(C)C1(CNC(=O)Nc2ccccc2F)CCCCC1. The van der Waals surface area contributed by atoms with Crippen LogP contribution in [-0.2, 0) is 0 Å². The van der Waals surface area contributed by atoms with Crippen molar-refractivity contribution in [1.82, 2.24) is 10.2 Å². The molecule has 0 saturated heterocycles. The number of carbonyl (C=O) groups is 1. The molecule has 1 aliphatic rings. The van der Waals surface area contributed by atoms with Gasteiger partial charge in [-0.3, -0.25) is 0 Å². The van der Waals surface area contributed by atoms with E-state index in [2.05, 4.69) is 29.6 Å². The predicted octanol–water partition coefficient (Wildman–Crippen LogP) is 3.21. The van der Waals surface area contributed by atoms with Crippen LogP contribution in [0.25, 0.3) is 0 Å². The van der Waals surface area contributed by atoms with E-state index < -0.39 is 5.82 Å². The molecule has 5 heteroatoms. The van der Waals surface area contributed by atoms with Crippen LogP contribution in [0.15, 0.2) is 24.3 Å². The third-order valence-electron chi connectivity index (χ3n) is 4.43. The lowest BCUT2D eigenvalue weighted by Crippen LogP contribution is -2.54. The second-order valence-electron chi connectivity index (χ2n) is 5.97. The van der Waals surface area contributed by atoms with Crippen molar-refractivity contribution in [3.8, 4) is 0 Å². The van der Waals surface area contributed by atoms with Crippen molar-refractivity contribution in [1.29, 1.82) is 0 Å². The number of carbonyl (C=O) groups excluding carboxylic acids is 1. The molecule has 4 nitrogen and oxygen atoms in total. The maximum Gasteiger partial charge on any atom is 0.319 e. The predicted molar refractivity (Wildman–Crippen MR) is 82.9 cm³/mol. The largest absolute Gasteiger partial charge is 0.336 e. The molecule has 0 radical (unpaired) electrons. The monoisotopic (exact) mass is 293 g/mol. The first-order valence-corrected chi connectivity index (χ1v) is 7.50. The summed E-state index contributed by atoms with van der Waals surface area (Å²) in [7, 11) is 4.11. The number of urea groups is 1. The molecule has 2 amide bonds. The molecule has 2 N–H and O–H groups in total. The van der Waals surface area contributed by atoms with Gasteiger partial charge < -0.3 is 15.5 Å². The molecule has 0 heterocycles. The van der Waals surface area contributed by atoms with Crippen LogP contribution >= 0.6 is 0 Å². The fraction of sp³-hybridized carbons (Fsp3) is 0.562. The summed E-state index contributed by atoms with van der Waals surface area (Å²) in [5.41, 5.74) is 0.225. The third-order valence-corrected chi connectivity index (χ3v) is 4.43. The van der Waals surface area contributed by atoms with Gasteiger partial charge >= 0.3 is 6.03 Å². The number of halogens is 1. The number of likely N-dealkylation sites (N-methyl/N-ethyl adjacent to an activating group) is 1. The standard InChI is InChI=1S/C16H24FN3O/c1-20(2)16(10-6-3-7-11-16)12-18-15(21)19-14-9-5-4-8-13(14)17/h4-5,8-9H,3,6-7,10-12H2,1-2H3,(H2,18,19,21). The van der Waals surface area contributed by atoms with Crippen molar-refractivity contribution < 1.29 is 9.18 Å². The summed E-state index contributed by atoms with van der Waals surface area (Å²) in [5.74, 6) is -0.423. The molecule has 1 saturated carbocycles. The van der Waals surface area contributed by atoms with Crippen LogP contribution in [0.3, 0.4) is 0 Å². The molecule has 2 rings (SSSR count). The van der Waals surface area contributed by atoms with Gasteiger partial charge in [0.15, 0.2) is 0 Å². The van der Waals surface area contributed by atoms with Gasteiger partial charge in [-0.2, -0.15) is 0 Å². The van der Waals surface area contributed by atoms with Crippen molar-refractivity contribution in [2.24, 2.45) is 0 Å². The molecule has 0 bridgehead atoms. The summed E-state index contributed by atoms with van der Waals surface area (Å²) in [5, 5.41) is 5.45. The van der Waals surface area contributed by atoms with Gasteiger partial charge in [0, 0.05) is 12.1 Å². The molecule has 21 heavy (non-hydrogen) atoms. The minimum atomic E-state index is -0.423. The molecule has 1 fully saturated rings. The molecular weight excluding hydrogens is 269 g/mol. The molecule has 0 unspecified atom stereocenters. The zero-order chi connectivity index (χ0) is 15.3. The Morgan fingerprint density at radius 2 is 1.90 bits per heavy atom. The van der Waals surface area contributed by atoms with Crippen LogP contribution in [0.4, 0.5) is 14.9 Å². The summed E-state index contributed by atoms with van der Waals surface area (Å²) in [6.07, 6.45) is 5.81. The molecule has 0 aromatic heterocycles. The van der Waals surface area contributed by atoms with E-state index in [4.69, 9.17) is 0 Å². The number of rotatable bonds is 4. The molecular formula is C16H24FN3O. The zero-order valence-electron chi connectivity index (χ0n) is 12.8. The van der Waals surface area contributed by atoms with Gasteiger partial charge in [0.2, 0.25) is 0 Å². The fourth-order valence-electron chi connectivity index (χ4n) is 2.97. The normalized spacial score (nSPS) is 17.5. The number of hydrogen-bond donors (Lipinski definition) is 2. The van der Waals surface area contributed by atoms with Crippen LogP contribution in [0, 0.1) is 5.82 Å². The van der Waals surface area contributed by atoms with Gasteiger partial charge in [-0.25, -0.2) is 9.18 Å². The molecule has 0 aliphatic heterocycles. The first kappa shape index (κ1) is 15.8. The Morgan fingerprint density at radius 1 is 1.24 bits per heavy atom. The van der Waals surface area contributed by atoms with Crippen molar-refractivity contribution in [2.75, 3.05) is 26.0 Å². The number of hydrogen-bond acceptors (Lipinski definition) is 2. The molecule has 0 spiro atoms. The lowest BCUT2D eigenvalue weighted by Gasteiger charge is -2.43. The Bertz CT molecular complexity index is 484. The maximum absolute atomic E-state index is 13.5. The zero-order valence-corrected chi connectivity index (χ0v) is 12.8. The number of benzene rings is 1. The Morgan fingerprint density at radius 3 is 2.52 bits per heavy atom. The van der Waals surface area contributed by atoms with E-state index in [1.807, 2.05) is 0 Å². The van der Waals surface area contributed by atoms with Gasteiger partial charge in [0.25, 0.3) is 0 Å².